The number of amides is 1. The number of hydrogen-bond acceptors (Lipinski definition) is 6. The lowest BCUT2D eigenvalue weighted by Crippen LogP contribution is -2.45. The van der Waals surface area contributed by atoms with Crippen molar-refractivity contribution < 1.29 is 32.9 Å². The van der Waals surface area contributed by atoms with Crippen molar-refractivity contribution in [3.05, 3.63) is 48.6 Å². The molecule has 0 bridgehead atoms. The maximum absolute atomic E-state index is 13.0. The van der Waals surface area contributed by atoms with Crippen molar-refractivity contribution in [1.82, 2.24) is 5.32 Å². The highest BCUT2D eigenvalue weighted by Gasteiger charge is 2.23. The number of unbranched alkanes of at least 4 members (excludes halogenated alkanes) is 43. The summed E-state index contributed by atoms with van der Waals surface area (Å²) in [6.07, 6.45) is 79.5. The molecular weight excluding hydrogens is 972 g/mol. The minimum atomic E-state index is -4.61. The number of phosphoric acid groups is 1. The molecule has 2 N–H and O–H groups in total. The molecule has 0 radical (unpaired) electrons. The average Bonchev–Trinajstić information content (AvgIpc) is 3.39. The molecule has 1 amide bonds. The summed E-state index contributed by atoms with van der Waals surface area (Å²) in [6, 6.07) is -0.910. The Hall–Kier alpha value is -1.54. The Labute approximate surface area is 479 Å². The third-order valence-corrected chi connectivity index (χ3v) is 16.2. The summed E-state index contributed by atoms with van der Waals surface area (Å²) in [4.78, 5) is 25.6. The average molecular weight is 1100 g/mol. The zero-order chi connectivity index (χ0) is 56.3. The smallest absolute Gasteiger partial charge is 0.268 e. The van der Waals surface area contributed by atoms with Crippen LogP contribution in [0.2, 0.25) is 0 Å². The van der Waals surface area contributed by atoms with Crippen molar-refractivity contribution in [3.63, 3.8) is 0 Å². The predicted molar refractivity (Wildman–Crippen MR) is 334 cm³/mol. The molecule has 9 heteroatoms. The van der Waals surface area contributed by atoms with Crippen molar-refractivity contribution in [2.24, 2.45) is 0 Å². The number of nitrogens with zero attached hydrogens (tertiary/aromatic N) is 1. The first-order valence-corrected chi connectivity index (χ1v) is 35.0. The van der Waals surface area contributed by atoms with Crippen LogP contribution in [0.1, 0.15) is 328 Å². The summed E-state index contributed by atoms with van der Waals surface area (Å²) in [5, 5.41) is 13.9. The van der Waals surface area contributed by atoms with E-state index >= 15 is 0 Å². The highest BCUT2D eigenvalue weighted by atomic mass is 31.2. The SMILES string of the molecule is CCCCCCCCCC/C=C\CCCCCCCCCCCCCCCCCCCCCCCCCC(=O)NC(COP(=O)([O-])OCC[N+](C)(C)C)C(O)/C=C/CC/C=C/CC/C=C/CCCCCCCCCCCC. The number of allylic oxidation sites excluding steroid dienone is 7. The van der Waals surface area contributed by atoms with Gasteiger partial charge in [-0.05, 0) is 70.6 Å². The minimum absolute atomic E-state index is 0.00807. The van der Waals surface area contributed by atoms with Gasteiger partial charge in [-0.1, -0.05) is 300 Å². The van der Waals surface area contributed by atoms with Gasteiger partial charge in [-0.15, -0.1) is 0 Å². The molecule has 454 valence electrons. The minimum Gasteiger partial charge on any atom is -0.756 e. The molecule has 0 spiro atoms. The van der Waals surface area contributed by atoms with E-state index in [-0.39, 0.29) is 12.5 Å². The van der Waals surface area contributed by atoms with Crippen LogP contribution in [0, 0.1) is 0 Å². The number of carbonyl (C=O) groups excluding carboxylic acids is 1. The number of carbonyl (C=O) groups is 1. The van der Waals surface area contributed by atoms with Gasteiger partial charge in [-0.25, -0.2) is 0 Å². The predicted octanol–water partition coefficient (Wildman–Crippen LogP) is 20.4. The van der Waals surface area contributed by atoms with Crippen LogP contribution in [0.15, 0.2) is 48.6 Å². The van der Waals surface area contributed by atoms with Gasteiger partial charge in [0.1, 0.15) is 13.2 Å². The lowest BCUT2D eigenvalue weighted by Gasteiger charge is -2.29. The Morgan fingerprint density at radius 1 is 0.442 bits per heavy atom. The number of nitrogens with one attached hydrogen (secondary N) is 1. The van der Waals surface area contributed by atoms with Gasteiger partial charge in [0.25, 0.3) is 7.82 Å². The van der Waals surface area contributed by atoms with E-state index in [1.165, 1.54) is 263 Å². The third-order valence-electron chi connectivity index (χ3n) is 15.2. The van der Waals surface area contributed by atoms with Crippen LogP contribution < -0.4 is 10.2 Å². The van der Waals surface area contributed by atoms with Crippen LogP contribution in [0.25, 0.3) is 0 Å². The molecule has 0 saturated carbocycles. The largest absolute Gasteiger partial charge is 0.756 e. The van der Waals surface area contributed by atoms with Crippen molar-refractivity contribution in [3.8, 4) is 0 Å². The fourth-order valence-electron chi connectivity index (χ4n) is 10.0. The van der Waals surface area contributed by atoms with E-state index < -0.39 is 26.6 Å². The van der Waals surface area contributed by atoms with Crippen LogP contribution in [0.5, 0.6) is 0 Å². The number of likely N-dealkylation sites (N-methyl/N-ethyl adjacent to an activating group) is 1. The fourth-order valence-corrected chi connectivity index (χ4v) is 10.7. The van der Waals surface area contributed by atoms with E-state index in [0.717, 1.165) is 44.9 Å². The van der Waals surface area contributed by atoms with Crippen LogP contribution in [0.4, 0.5) is 0 Å². The molecule has 0 saturated heterocycles. The maximum Gasteiger partial charge on any atom is 0.268 e. The highest BCUT2D eigenvalue weighted by Crippen LogP contribution is 2.38. The second-order valence-corrected chi connectivity index (χ2v) is 25.6. The molecule has 0 aliphatic carbocycles. The second-order valence-electron chi connectivity index (χ2n) is 24.2. The topological polar surface area (TPSA) is 108 Å². The Morgan fingerprint density at radius 3 is 1.05 bits per heavy atom. The van der Waals surface area contributed by atoms with Crippen LogP contribution >= 0.6 is 7.82 Å². The van der Waals surface area contributed by atoms with E-state index in [1.807, 2.05) is 27.2 Å². The van der Waals surface area contributed by atoms with Crippen molar-refractivity contribution in [1.29, 1.82) is 0 Å². The molecule has 3 unspecified atom stereocenters. The molecule has 0 aromatic carbocycles. The first-order valence-electron chi connectivity index (χ1n) is 33.5. The van der Waals surface area contributed by atoms with E-state index in [0.29, 0.717) is 17.4 Å². The second kappa shape index (κ2) is 59.1. The summed E-state index contributed by atoms with van der Waals surface area (Å²) < 4.78 is 23.4. The molecule has 0 fully saturated rings. The van der Waals surface area contributed by atoms with E-state index in [2.05, 4.69) is 55.6 Å². The summed E-state index contributed by atoms with van der Waals surface area (Å²) in [7, 11) is 1.25. The van der Waals surface area contributed by atoms with Gasteiger partial charge in [-0.3, -0.25) is 9.36 Å². The number of rotatable bonds is 62. The van der Waals surface area contributed by atoms with Gasteiger partial charge in [0.05, 0.1) is 39.9 Å². The monoisotopic (exact) mass is 1100 g/mol. The number of phosphoric ester groups is 1. The quantitative estimate of drug-likeness (QED) is 0.0272. The summed E-state index contributed by atoms with van der Waals surface area (Å²) in [6.45, 7) is 4.66. The normalized spacial score (nSPS) is 14.0. The van der Waals surface area contributed by atoms with Gasteiger partial charge >= 0.3 is 0 Å². The first kappa shape index (κ1) is 75.5. The third kappa shape index (κ3) is 61.9. The van der Waals surface area contributed by atoms with E-state index in [9.17, 15) is 19.4 Å². The van der Waals surface area contributed by atoms with Gasteiger partial charge in [0.15, 0.2) is 0 Å². The Morgan fingerprint density at radius 2 is 0.727 bits per heavy atom. The lowest BCUT2D eigenvalue weighted by molar-refractivity contribution is -0.870. The zero-order valence-corrected chi connectivity index (χ0v) is 52.8. The first-order chi connectivity index (χ1) is 37.5. The van der Waals surface area contributed by atoms with Gasteiger partial charge in [0.2, 0.25) is 5.91 Å². The Balaban J connectivity index is 4.04. The maximum atomic E-state index is 13.0. The highest BCUT2D eigenvalue weighted by molar-refractivity contribution is 7.45. The number of aliphatic hydroxyl groups excluding tert-OH is 1. The fraction of sp³-hybridized carbons (Fsp3) is 0.868. The molecule has 0 aliphatic rings. The number of hydrogen-bond donors (Lipinski definition) is 2. The molecule has 3 atom stereocenters. The molecule has 0 aliphatic heterocycles. The van der Waals surface area contributed by atoms with Gasteiger partial charge in [0, 0.05) is 6.42 Å². The lowest BCUT2D eigenvalue weighted by atomic mass is 10.0. The Kier molecular flexibility index (Phi) is 57.9. The summed E-state index contributed by atoms with van der Waals surface area (Å²) >= 11 is 0. The van der Waals surface area contributed by atoms with E-state index in [4.69, 9.17) is 9.05 Å². The van der Waals surface area contributed by atoms with Crippen molar-refractivity contribution >= 4 is 13.7 Å². The van der Waals surface area contributed by atoms with E-state index in [1.54, 1.807) is 6.08 Å². The van der Waals surface area contributed by atoms with Crippen molar-refractivity contribution in [2.45, 2.75) is 341 Å². The van der Waals surface area contributed by atoms with Gasteiger partial charge < -0.3 is 28.8 Å². The molecule has 0 aromatic rings. The molecule has 8 nitrogen and oxygen atoms in total. The van der Waals surface area contributed by atoms with Crippen LogP contribution in [-0.4, -0.2) is 68.5 Å². The van der Waals surface area contributed by atoms with Gasteiger partial charge in [-0.2, -0.15) is 0 Å². The zero-order valence-electron chi connectivity index (χ0n) is 51.9. The van der Waals surface area contributed by atoms with Crippen molar-refractivity contribution in [2.75, 3.05) is 40.9 Å². The standard InChI is InChI=1S/C68H131N2O6P/c1-6-8-10-12-14-16-18-20-22-24-26-28-29-30-31-32-33-34-35-36-37-38-39-40-41-42-44-46-48-50-52-54-56-58-60-62-68(72)69-66(65-76-77(73,74)75-64-63-70(3,4)5)67(71)61-59-57-55-53-51-49-47-45-43-27-25-23-21-19-17-15-13-11-9-7-2/h24,26,43,45,51,53,59,61,66-67,71H,6-23,25,27-42,44,46-50,52,54-58,60,62-65H2,1-5H3,(H-,69,72,73,74)/b26-24-,45-43+,53-51+,61-59+. The van der Waals surface area contributed by atoms with Crippen LogP contribution in [-0.2, 0) is 18.4 Å². The molecular formula is C68H131N2O6P. The molecule has 0 heterocycles. The van der Waals surface area contributed by atoms with Crippen LogP contribution in [0.3, 0.4) is 0 Å². The number of aliphatic hydroxyl groups is 1. The summed E-state index contributed by atoms with van der Waals surface area (Å²) in [5.74, 6) is -0.206. The summed E-state index contributed by atoms with van der Waals surface area (Å²) in [5.41, 5.74) is 0. The number of quaternary nitrogens is 1. The molecule has 77 heavy (non-hydrogen) atoms. The molecule has 0 rings (SSSR count). The Bertz CT molecular complexity index is 1390. The molecule has 0 aromatic heterocycles.